The molecule has 0 fully saturated rings. The van der Waals surface area contributed by atoms with E-state index >= 15 is 0 Å². The van der Waals surface area contributed by atoms with Gasteiger partial charge in [0.15, 0.2) is 0 Å². The van der Waals surface area contributed by atoms with Gasteiger partial charge in [-0.25, -0.2) is 0 Å². The van der Waals surface area contributed by atoms with Crippen molar-refractivity contribution in [1.82, 2.24) is 5.32 Å². The van der Waals surface area contributed by atoms with E-state index in [1.54, 1.807) is 12.1 Å². The zero-order valence-electron chi connectivity index (χ0n) is 12.1. The largest absolute Gasteiger partial charge is 0.465 e. The normalized spacial score (nSPS) is 9.86. The van der Waals surface area contributed by atoms with Crippen molar-refractivity contribution in [3.8, 4) is 11.8 Å². The fraction of sp³-hybridized carbons (Fsp3) is 0.235. The summed E-state index contributed by atoms with van der Waals surface area (Å²) in [6, 6.07) is 9.01. The summed E-state index contributed by atoms with van der Waals surface area (Å²) in [5.74, 6) is 6.78. The molecular weight excluding hydrogens is 266 g/mol. The molecule has 1 heterocycles. The van der Waals surface area contributed by atoms with E-state index < -0.39 is 0 Å². The smallest absolute Gasteiger partial charge is 0.251 e. The second-order valence-corrected chi connectivity index (χ2v) is 4.68. The summed E-state index contributed by atoms with van der Waals surface area (Å²) in [4.78, 5) is 12.1. The molecule has 2 N–H and O–H groups in total. The molecule has 0 radical (unpaired) electrons. The number of amides is 1. The Bertz CT molecular complexity index is 704. The molecule has 0 aliphatic carbocycles. The molecule has 4 heteroatoms. The molecule has 2 aromatic rings. The first-order valence-corrected chi connectivity index (χ1v) is 6.64. The third-order valence-electron chi connectivity index (χ3n) is 3.02. The van der Waals surface area contributed by atoms with E-state index in [1.165, 1.54) is 0 Å². The molecule has 0 saturated heterocycles. The molecule has 21 heavy (non-hydrogen) atoms. The van der Waals surface area contributed by atoms with Gasteiger partial charge < -0.3 is 14.8 Å². The molecule has 0 saturated carbocycles. The van der Waals surface area contributed by atoms with Crippen LogP contribution in [0.25, 0.3) is 0 Å². The topological polar surface area (TPSA) is 62.5 Å². The van der Waals surface area contributed by atoms with Gasteiger partial charge in [-0.05, 0) is 43.7 Å². The van der Waals surface area contributed by atoms with Crippen LogP contribution in [0.5, 0.6) is 0 Å². The maximum absolute atomic E-state index is 12.1. The van der Waals surface area contributed by atoms with E-state index in [-0.39, 0.29) is 12.5 Å². The van der Waals surface area contributed by atoms with Gasteiger partial charge in [0.2, 0.25) is 0 Å². The summed E-state index contributed by atoms with van der Waals surface area (Å²) in [6.45, 7) is 3.91. The number of rotatable bonds is 3. The first-order valence-electron chi connectivity index (χ1n) is 6.64. The van der Waals surface area contributed by atoms with Crippen LogP contribution in [0.4, 0.5) is 0 Å². The molecule has 1 aromatic heterocycles. The molecule has 0 aliphatic rings. The van der Waals surface area contributed by atoms with Gasteiger partial charge in [-0.1, -0.05) is 17.9 Å². The number of aliphatic hydroxyl groups is 1. The van der Waals surface area contributed by atoms with Crippen LogP contribution in [0.3, 0.4) is 0 Å². The van der Waals surface area contributed by atoms with Gasteiger partial charge in [0, 0.05) is 11.1 Å². The van der Waals surface area contributed by atoms with Gasteiger partial charge in [-0.3, -0.25) is 4.79 Å². The molecule has 0 aliphatic heterocycles. The number of nitrogens with one attached hydrogen (secondary N) is 1. The van der Waals surface area contributed by atoms with Crippen LogP contribution in [0.15, 0.2) is 34.7 Å². The van der Waals surface area contributed by atoms with Crippen LogP contribution in [-0.2, 0) is 6.54 Å². The summed E-state index contributed by atoms with van der Waals surface area (Å²) in [6.07, 6.45) is 0. The maximum atomic E-state index is 12.1. The molecule has 0 unspecified atom stereocenters. The Hall–Kier alpha value is -2.51. The van der Waals surface area contributed by atoms with Crippen LogP contribution < -0.4 is 5.32 Å². The minimum atomic E-state index is -0.201. The van der Waals surface area contributed by atoms with Crippen molar-refractivity contribution >= 4 is 5.91 Å². The van der Waals surface area contributed by atoms with Crippen LogP contribution >= 0.6 is 0 Å². The maximum Gasteiger partial charge on any atom is 0.251 e. The number of benzene rings is 1. The fourth-order valence-corrected chi connectivity index (χ4v) is 1.88. The quantitative estimate of drug-likeness (QED) is 0.849. The summed E-state index contributed by atoms with van der Waals surface area (Å²) < 4.78 is 5.40. The van der Waals surface area contributed by atoms with E-state index in [9.17, 15) is 4.79 Å². The average Bonchev–Trinajstić information content (AvgIpc) is 2.89. The third-order valence-corrected chi connectivity index (χ3v) is 3.02. The van der Waals surface area contributed by atoms with Crippen LogP contribution in [-0.4, -0.2) is 17.6 Å². The van der Waals surface area contributed by atoms with Crippen molar-refractivity contribution in [1.29, 1.82) is 0 Å². The molecule has 4 nitrogen and oxygen atoms in total. The second kappa shape index (κ2) is 6.78. The number of hydrogen-bond acceptors (Lipinski definition) is 3. The Labute approximate surface area is 123 Å². The van der Waals surface area contributed by atoms with E-state index in [2.05, 4.69) is 17.2 Å². The molecule has 1 amide bonds. The van der Waals surface area contributed by atoms with Gasteiger partial charge >= 0.3 is 0 Å². The second-order valence-electron chi connectivity index (χ2n) is 4.68. The molecule has 1 aromatic carbocycles. The lowest BCUT2D eigenvalue weighted by Crippen LogP contribution is -2.22. The molecule has 0 atom stereocenters. The van der Waals surface area contributed by atoms with E-state index in [4.69, 9.17) is 9.52 Å². The average molecular weight is 283 g/mol. The first kappa shape index (κ1) is 14.9. The van der Waals surface area contributed by atoms with E-state index in [0.29, 0.717) is 17.9 Å². The lowest BCUT2D eigenvalue weighted by atomic mass is 10.0. The molecular formula is C17H17NO3. The molecule has 108 valence electrons. The lowest BCUT2D eigenvalue weighted by molar-refractivity contribution is 0.0948. The Morgan fingerprint density at radius 2 is 2.10 bits per heavy atom. The Balaban J connectivity index is 2.08. The Morgan fingerprint density at radius 1 is 1.29 bits per heavy atom. The fourth-order valence-electron chi connectivity index (χ4n) is 1.88. The van der Waals surface area contributed by atoms with Gasteiger partial charge in [0.1, 0.15) is 18.1 Å². The van der Waals surface area contributed by atoms with Crippen molar-refractivity contribution in [2.45, 2.75) is 20.4 Å². The van der Waals surface area contributed by atoms with Crippen LogP contribution in [0, 0.1) is 25.7 Å². The minimum absolute atomic E-state index is 0.184. The van der Waals surface area contributed by atoms with Crippen LogP contribution in [0.1, 0.15) is 33.0 Å². The van der Waals surface area contributed by atoms with Crippen molar-refractivity contribution < 1.29 is 14.3 Å². The van der Waals surface area contributed by atoms with E-state index in [0.717, 1.165) is 16.9 Å². The van der Waals surface area contributed by atoms with Crippen LogP contribution in [0.2, 0.25) is 0 Å². The number of aryl methyl sites for hydroxylation is 2. The minimum Gasteiger partial charge on any atom is -0.465 e. The van der Waals surface area contributed by atoms with Crippen molar-refractivity contribution in [2.75, 3.05) is 6.61 Å². The highest BCUT2D eigenvalue weighted by molar-refractivity contribution is 5.94. The highest BCUT2D eigenvalue weighted by Crippen LogP contribution is 2.11. The van der Waals surface area contributed by atoms with Crippen molar-refractivity contribution in [3.05, 3.63) is 58.5 Å². The zero-order chi connectivity index (χ0) is 15.2. The van der Waals surface area contributed by atoms with Gasteiger partial charge in [0.05, 0.1) is 6.54 Å². The van der Waals surface area contributed by atoms with Gasteiger partial charge in [0.25, 0.3) is 5.91 Å². The standard InChI is InChI=1S/C17H17NO3/c1-12-5-7-15(10-14(12)4-3-9-19)17(20)18-11-16-8-6-13(2)21-16/h5-8,10,19H,9,11H2,1-2H3,(H,18,20). The van der Waals surface area contributed by atoms with Crippen molar-refractivity contribution in [3.63, 3.8) is 0 Å². The number of carbonyl (C=O) groups excluding carboxylic acids is 1. The highest BCUT2D eigenvalue weighted by atomic mass is 16.3. The number of furan rings is 1. The van der Waals surface area contributed by atoms with E-state index in [1.807, 2.05) is 32.0 Å². The lowest BCUT2D eigenvalue weighted by Gasteiger charge is -2.05. The van der Waals surface area contributed by atoms with Crippen molar-refractivity contribution in [2.24, 2.45) is 0 Å². The monoisotopic (exact) mass is 283 g/mol. The van der Waals surface area contributed by atoms with Gasteiger partial charge in [-0.2, -0.15) is 0 Å². The molecule has 0 spiro atoms. The predicted molar refractivity (Wildman–Crippen MR) is 79.8 cm³/mol. The Kier molecular flexibility index (Phi) is 4.81. The summed E-state index contributed by atoms with van der Waals surface area (Å²) >= 11 is 0. The Morgan fingerprint density at radius 3 is 2.76 bits per heavy atom. The number of carbonyl (C=O) groups is 1. The number of aliphatic hydroxyl groups excluding tert-OH is 1. The summed E-state index contributed by atoms with van der Waals surface area (Å²) in [7, 11) is 0. The first-order chi connectivity index (χ1) is 10.1. The highest BCUT2D eigenvalue weighted by Gasteiger charge is 2.08. The molecule has 0 bridgehead atoms. The summed E-state index contributed by atoms with van der Waals surface area (Å²) in [5.41, 5.74) is 2.24. The third kappa shape index (κ3) is 3.98. The van der Waals surface area contributed by atoms with Gasteiger partial charge in [-0.15, -0.1) is 0 Å². The summed E-state index contributed by atoms with van der Waals surface area (Å²) in [5, 5.41) is 11.5. The number of hydrogen-bond donors (Lipinski definition) is 2. The molecule has 2 rings (SSSR count). The zero-order valence-corrected chi connectivity index (χ0v) is 12.1. The SMILES string of the molecule is Cc1ccc(CNC(=O)c2ccc(C)c(C#CCO)c2)o1. The predicted octanol–water partition coefficient (Wildman–Crippen LogP) is 2.17.